The lowest BCUT2D eigenvalue weighted by Crippen LogP contribution is -2.28. The highest BCUT2D eigenvalue weighted by Crippen LogP contribution is 2.42. The van der Waals surface area contributed by atoms with E-state index in [1.54, 1.807) is 41.3 Å². The Morgan fingerprint density at radius 2 is 1.56 bits per heavy atom. The molecule has 4 aromatic carbocycles. The fourth-order valence-electron chi connectivity index (χ4n) is 4.25. The summed E-state index contributed by atoms with van der Waals surface area (Å²) in [6.45, 7) is 6.31. The van der Waals surface area contributed by atoms with Crippen molar-refractivity contribution in [2.75, 3.05) is 11.5 Å². The fourth-order valence-corrected chi connectivity index (χ4v) is 6.06. The van der Waals surface area contributed by atoms with E-state index < -0.39 is 0 Å². The van der Waals surface area contributed by atoms with Crippen LogP contribution in [-0.4, -0.2) is 17.7 Å². The third kappa shape index (κ3) is 7.17. The molecule has 1 aliphatic rings. The van der Waals surface area contributed by atoms with E-state index in [1.165, 1.54) is 11.8 Å². The van der Waals surface area contributed by atoms with Gasteiger partial charge in [0.2, 0.25) is 0 Å². The number of amides is 1. The third-order valence-electron chi connectivity index (χ3n) is 6.56. The van der Waals surface area contributed by atoms with Crippen molar-refractivity contribution in [2.45, 2.75) is 27.4 Å². The van der Waals surface area contributed by atoms with Crippen molar-refractivity contribution in [3.05, 3.63) is 120 Å². The highest BCUT2D eigenvalue weighted by molar-refractivity contribution is 8.19. The SMILES string of the molecule is CCOc1cc(/C=C2/SC(=Nc3ccc(C)c(Cl)c3)N(c3ccc(C)c(Cl)c3)C2=O)cc(Cl)c1OCc1ccccc1Cl. The Morgan fingerprint density at radius 3 is 2.26 bits per heavy atom. The van der Waals surface area contributed by atoms with Crippen LogP contribution in [0.3, 0.4) is 0 Å². The van der Waals surface area contributed by atoms with Gasteiger partial charge >= 0.3 is 0 Å². The fraction of sp³-hybridized carbons (Fsp3) is 0.152. The molecule has 4 aromatic rings. The van der Waals surface area contributed by atoms with E-state index in [-0.39, 0.29) is 12.5 Å². The first-order chi connectivity index (χ1) is 20.6. The molecule has 43 heavy (non-hydrogen) atoms. The molecular formula is C33H26Cl4N2O3S. The molecule has 1 saturated heterocycles. The first-order valence-corrected chi connectivity index (χ1v) is 15.6. The van der Waals surface area contributed by atoms with Crippen LogP contribution in [0.4, 0.5) is 11.4 Å². The Labute approximate surface area is 275 Å². The van der Waals surface area contributed by atoms with E-state index in [2.05, 4.69) is 0 Å². The summed E-state index contributed by atoms with van der Waals surface area (Å²) in [5, 5.41) is 2.54. The highest BCUT2D eigenvalue weighted by Gasteiger charge is 2.35. The molecule has 0 radical (unpaired) electrons. The molecule has 0 aromatic heterocycles. The molecule has 1 aliphatic heterocycles. The number of benzene rings is 4. The zero-order valence-corrected chi connectivity index (χ0v) is 27.3. The standard InChI is InChI=1S/C33H26Cl4N2O3S/c1-4-41-29-14-21(13-28(37)31(29)42-18-22-7-5-6-8-25(22)34)15-30-32(40)39(24-12-10-20(3)27(36)17-24)33(43-30)38-23-11-9-19(2)26(35)16-23/h5-17H,4,18H2,1-3H3/b30-15+,38-33?. The van der Waals surface area contributed by atoms with E-state index in [0.717, 1.165) is 16.7 Å². The first-order valence-electron chi connectivity index (χ1n) is 13.3. The van der Waals surface area contributed by atoms with Gasteiger partial charge in [-0.25, -0.2) is 4.99 Å². The Bertz CT molecular complexity index is 1770. The minimum Gasteiger partial charge on any atom is -0.490 e. The summed E-state index contributed by atoms with van der Waals surface area (Å²) in [5.41, 5.74) is 4.54. The van der Waals surface area contributed by atoms with Gasteiger partial charge in [0, 0.05) is 20.6 Å². The molecule has 5 rings (SSSR count). The molecule has 0 unspecified atom stereocenters. The van der Waals surface area contributed by atoms with E-state index >= 15 is 0 Å². The zero-order chi connectivity index (χ0) is 30.7. The second-order valence-electron chi connectivity index (χ2n) is 9.66. The van der Waals surface area contributed by atoms with Gasteiger partial charge in [0.05, 0.1) is 27.9 Å². The maximum atomic E-state index is 13.9. The number of anilines is 1. The number of ether oxygens (including phenoxy) is 2. The third-order valence-corrected chi connectivity index (χ3v) is 8.99. The minimum atomic E-state index is -0.255. The van der Waals surface area contributed by atoms with E-state index in [0.29, 0.717) is 65.2 Å². The molecule has 0 saturated carbocycles. The van der Waals surface area contributed by atoms with Crippen molar-refractivity contribution in [2.24, 2.45) is 4.99 Å². The van der Waals surface area contributed by atoms with Crippen LogP contribution < -0.4 is 14.4 Å². The highest BCUT2D eigenvalue weighted by atomic mass is 35.5. The van der Waals surface area contributed by atoms with Gasteiger partial charge in [-0.15, -0.1) is 0 Å². The van der Waals surface area contributed by atoms with Crippen molar-refractivity contribution in [3.8, 4) is 11.5 Å². The van der Waals surface area contributed by atoms with Gasteiger partial charge in [-0.05, 0) is 97.8 Å². The molecule has 1 amide bonds. The Balaban J connectivity index is 1.52. The summed E-state index contributed by atoms with van der Waals surface area (Å²) in [7, 11) is 0. The first kappa shape index (κ1) is 31.3. The largest absolute Gasteiger partial charge is 0.490 e. The van der Waals surface area contributed by atoms with Crippen molar-refractivity contribution in [3.63, 3.8) is 0 Å². The maximum absolute atomic E-state index is 13.9. The maximum Gasteiger partial charge on any atom is 0.271 e. The predicted octanol–water partition coefficient (Wildman–Crippen LogP) is 10.7. The molecule has 1 heterocycles. The van der Waals surface area contributed by atoms with Gasteiger partial charge in [0.15, 0.2) is 16.7 Å². The Kier molecular flexibility index (Phi) is 9.95. The van der Waals surface area contributed by atoms with Gasteiger partial charge < -0.3 is 9.47 Å². The molecule has 0 bridgehead atoms. The lowest BCUT2D eigenvalue weighted by molar-refractivity contribution is -0.113. The molecule has 0 atom stereocenters. The Morgan fingerprint density at radius 1 is 0.837 bits per heavy atom. The molecule has 0 spiro atoms. The molecule has 1 fully saturated rings. The monoisotopic (exact) mass is 670 g/mol. The molecule has 0 aliphatic carbocycles. The number of rotatable bonds is 8. The molecule has 0 N–H and O–H groups in total. The van der Waals surface area contributed by atoms with Gasteiger partial charge in [0.1, 0.15) is 6.61 Å². The van der Waals surface area contributed by atoms with Crippen LogP contribution in [0.5, 0.6) is 11.5 Å². The van der Waals surface area contributed by atoms with Crippen molar-refractivity contribution in [1.82, 2.24) is 0 Å². The number of amidine groups is 1. The van der Waals surface area contributed by atoms with Crippen LogP contribution in [0.25, 0.3) is 6.08 Å². The number of aryl methyl sites for hydroxylation is 2. The van der Waals surface area contributed by atoms with Gasteiger partial charge in [-0.1, -0.05) is 76.7 Å². The van der Waals surface area contributed by atoms with Gasteiger partial charge in [0.25, 0.3) is 5.91 Å². The second-order valence-corrected chi connectivity index (χ2v) is 12.3. The number of thioether (sulfide) groups is 1. The van der Waals surface area contributed by atoms with Crippen LogP contribution in [0, 0.1) is 13.8 Å². The number of halogens is 4. The van der Waals surface area contributed by atoms with Crippen LogP contribution in [0.15, 0.2) is 82.7 Å². The second kappa shape index (κ2) is 13.7. The topological polar surface area (TPSA) is 51.1 Å². The Hall–Kier alpha value is -3.13. The summed E-state index contributed by atoms with van der Waals surface area (Å²) in [5.74, 6) is 0.593. The van der Waals surface area contributed by atoms with Crippen LogP contribution in [0.2, 0.25) is 20.1 Å². The molecular weight excluding hydrogens is 646 g/mol. The predicted molar refractivity (Wildman–Crippen MR) is 181 cm³/mol. The number of hydrogen-bond acceptors (Lipinski definition) is 5. The average Bonchev–Trinajstić information content (AvgIpc) is 3.26. The molecule has 5 nitrogen and oxygen atoms in total. The van der Waals surface area contributed by atoms with Crippen LogP contribution in [-0.2, 0) is 11.4 Å². The normalized spacial score (nSPS) is 15.0. The summed E-state index contributed by atoms with van der Waals surface area (Å²) >= 11 is 27.0. The number of nitrogens with zero attached hydrogens (tertiary/aromatic N) is 2. The van der Waals surface area contributed by atoms with Crippen molar-refractivity contribution >= 4 is 86.7 Å². The van der Waals surface area contributed by atoms with Crippen molar-refractivity contribution in [1.29, 1.82) is 0 Å². The lowest BCUT2D eigenvalue weighted by atomic mass is 10.1. The molecule has 10 heteroatoms. The quantitative estimate of drug-likeness (QED) is 0.175. The summed E-state index contributed by atoms with van der Waals surface area (Å²) in [6, 6.07) is 21.9. The molecule has 220 valence electrons. The number of aliphatic imine (C=N–C) groups is 1. The van der Waals surface area contributed by atoms with E-state index in [9.17, 15) is 4.79 Å². The van der Waals surface area contributed by atoms with Gasteiger partial charge in [-0.2, -0.15) is 0 Å². The van der Waals surface area contributed by atoms with E-state index in [1.807, 2.05) is 63.2 Å². The zero-order valence-electron chi connectivity index (χ0n) is 23.5. The van der Waals surface area contributed by atoms with Crippen molar-refractivity contribution < 1.29 is 14.3 Å². The smallest absolute Gasteiger partial charge is 0.271 e. The van der Waals surface area contributed by atoms with Crippen LogP contribution in [0.1, 0.15) is 29.2 Å². The summed E-state index contributed by atoms with van der Waals surface area (Å²) in [4.78, 5) is 20.6. The minimum absolute atomic E-state index is 0.213. The number of hydrogen-bond donors (Lipinski definition) is 0. The number of carbonyl (C=O) groups excluding carboxylic acids is 1. The van der Waals surface area contributed by atoms with Gasteiger partial charge in [-0.3, -0.25) is 9.69 Å². The summed E-state index contributed by atoms with van der Waals surface area (Å²) in [6.07, 6.45) is 1.76. The number of carbonyl (C=O) groups is 1. The lowest BCUT2D eigenvalue weighted by Gasteiger charge is -2.17. The average molecular weight is 672 g/mol. The van der Waals surface area contributed by atoms with E-state index in [4.69, 9.17) is 60.9 Å². The van der Waals surface area contributed by atoms with Crippen LogP contribution >= 0.6 is 58.2 Å². The summed E-state index contributed by atoms with van der Waals surface area (Å²) < 4.78 is 11.9.